The van der Waals surface area contributed by atoms with Crippen LogP contribution in [0.3, 0.4) is 0 Å². The average Bonchev–Trinajstić information content (AvgIpc) is 3.35. The largest absolute Gasteiger partial charge is 0.456 e. The van der Waals surface area contributed by atoms with Gasteiger partial charge in [0, 0.05) is 11.6 Å². The number of nitrogens with zero attached hydrogens (tertiary/aromatic N) is 2. The normalized spacial score (nSPS) is 11.6. The lowest BCUT2D eigenvalue weighted by molar-refractivity contribution is -0.384. The fourth-order valence-corrected chi connectivity index (χ4v) is 3.47. The molecule has 0 bridgehead atoms. The fraction of sp³-hybridized carbons (Fsp3) is 0.0833. The van der Waals surface area contributed by atoms with E-state index >= 15 is 0 Å². The second kappa shape index (κ2) is 8.12. The molecule has 2 heterocycles. The summed E-state index contributed by atoms with van der Waals surface area (Å²) in [6, 6.07) is 12.7. The third-order valence-corrected chi connectivity index (χ3v) is 5.40. The molecule has 0 unspecified atom stereocenters. The maximum absolute atomic E-state index is 13.0. The zero-order chi connectivity index (χ0) is 23.9. The molecule has 0 aliphatic heterocycles. The van der Waals surface area contributed by atoms with E-state index < -0.39 is 10.8 Å². The summed E-state index contributed by atoms with van der Waals surface area (Å²) in [5.41, 5.74) is 7.71. The summed E-state index contributed by atoms with van der Waals surface area (Å²) in [6.45, 7) is 7.55. The van der Waals surface area contributed by atoms with Crippen molar-refractivity contribution >= 4 is 24.2 Å². The van der Waals surface area contributed by atoms with Gasteiger partial charge in [-0.3, -0.25) is 24.8 Å². The van der Waals surface area contributed by atoms with Gasteiger partial charge in [-0.1, -0.05) is 6.58 Å². The van der Waals surface area contributed by atoms with Gasteiger partial charge < -0.3 is 10.2 Å². The standard InChI is InChI=1S/C24H20N4O5/c1-13-10-20(21(28(31)32)11-14(13)2)22-9-8-18(33-22)12-19-15(3)26-27(24(19)30)17-6-4-16(5-7-17)23(25)29/h4-12,26H,3H2,1-2H3,(H2,25,29)/b19-12-. The zero-order valence-electron chi connectivity index (χ0n) is 17.9. The van der Waals surface area contributed by atoms with Crippen LogP contribution in [0.5, 0.6) is 0 Å². The van der Waals surface area contributed by atoms with Crippen molar-refractivity contribution in [3.05, 3.63) is 102 Å². The first-order valence-corrected chi connectivity index (χ1v) is 9.93. The van der Waals surface area contributed by atoms with E-state index in [2.05, 4.69) is 11.7 Å². The highest BCUT2D eigenvalue weighted by Gasteiger charge is 2.19. The first-order valence-electron chi connectivity index (χ1n) is 9.93. The number of aromatic amines is 1. The van der Waals surface area contributed by atoms with Crippen LogP contribution in [0, 0.1) is 24.0 Å². The van der Waals surface area contributed by atoms with Crippen LogP contribution in [-0.4, -0.2) is 20.6 Å². The minimum atomic E-state index is -0.565. The van der Waals surface area contributed by atoms with Crippen molar-refractivity contribution < 1.29 is 14.1 Å². The number of hydrogen-bond donors (Lipinski definition) is 2. The van der Waals surface area contributed by atoms with E-state index in [0.29, 0.717) is 33.7 Å². The Kier molecular flexibility index (Phi) is 5.31. The van der Waals surface area contributed by atoms with Crippen LogP contribution >= 0.6 is 0 Å². The number of benzene rings is 2. The van der Waals surface area contributed by atoms with E-state index in [1.54, 1.807) is 30.3 Å². The van der Waals surface area contributed by atoms with E-state index in [-0.39, 0.29) is 16.5 Å². The molecule has 0 atom stereocenters. The number of nitrogens with two attached hydrogens (primary N) is 1. The number of primary amides is 1. The van der Waals surface area contributed by atoms with Crippen molar-refractivity contribution in [1.29, 1.82) is 0 Å². The van der Waals surface area contributed by atoms with Crippen molar-refractivity contribution in [3.63, 3.8) is 0 Å². The molecule has 2 aromatic heterocycles. The Bertz CT molecular complexity index is 1570. The molecular weight excluding hydrogens is 424 g/mol. The van der Waals surface area contributed by atoms with Gasteiger partial charge >= 0.3 is 0 Å². The fourth-order valence-electron chi connectivity index (χ4n) is 3.47. The summed E-state index contributed by atoms with van der Waals surface area (Å²) >= 11 is 0. The van der Waals surface area contributed by atoms with Crippen LogP contribution in [0.1, 0.15) is 27.2 Å². The molecule has 1 amide bonds. The van der Waals surface area contributed by atoms with Gasteiger partial charge in [0.2, 0.25) is 5.91 Å². The minimum absolute atomic E-state index is 0.0553. The van der Waals surface area contributed by atoms with Gasteiger partial charge in [-0.2, -0.15) is 0 Å². The quantitative estimate of drug-likeness (QED) is 0.359. The predicted molar refractivity (Wildman–Crippen MR) is 124 cm³/mol. The van der Waals surface area contributed by atoms with Gasteiger partial charge in [0.1, 0.15) is 11.5 Å². The highest BCUT2D eigenvalue weighted by atomic mass is 16.6. The summed E-state index contributed by atoms with van der Waals surface area (Å²) in [4.78, 5) is 35.3. The van der Waals surface area contributed by atoms with Crippen LogP contribution in [0.15, 0.2) is 57.7 Å². The van der Waals surface area contributed by atoms with Gasteiger partial charge in [-0.15, -0.1) is 0 Å². The molecular formula is C24H20N4O5. The summed E-state index contributed by atoms with van der Waals surface area (Å²) < 4.78 is 7.11. The second-order valence-corrected chi connectivity index (χ2v) is 7.61. The topological polar surface area (TPSA) is 137 Å². The van der Waals surface area contributed by atoms with Gasteiger partial charge in [0.05, 0.1) is 26.7 Å². The monoisotopic (exact) mass is 444 g/mol. The number of nitro groups is 1. The number of aryl methyl sites for hydroxylation is 2. The molecule has 3 N–H and O–H groups in total. The van der Waals surface area contributed by atoms with Crippen molar-refractivity contribution in [1.82, 2.24) is 9.78 Å². The summed E-state index contributed by atoms with van der Waals surface area (Å²) in [5, 5.41) is 15.0. The zero-order valence-corrected chi connectivity index (χ0v) is 17.9. The van der Waals surface area contributed by atoms with Gasteiger partial charge in [0.25, 0.3) is 11.2 Å². The van der Waals surface area contributed by atoms with Crippen LogP contribution in [0.25, 0.3) is 29.7 Å². The number of rotatable bonds is 5. The summed E-state index contributed by atoms with van der Waals surface area (Å²) in [6.07, 6.45) is 1.52. The molecule has 4 rings (SSSR count). The second-order valence-electron chi connectivity index (χ2n) is 7.61. The lowest BCUT2D eigenvalue weighted by Crippen LogP contribution is -2.33. The lowest BCUT2D eigenvalue weighted by atomic mass is 10.0. The molecule has 0 radical (unpaired) electrons. The van der Waals surface area contributed by atoms with E-state index in [4.69, 9.17) is 10.2 Å². The molecule has 9 heteroatoms. The predicted octanol–water partition coefficient (Wildman–Crippen LogP) is 2.29. The molecule has 0 saturated heterocycles. The molecule has 166 valence electrons. The van der Waals surface area contributed by atoms with Gasteiger partial charge in [-0.05, 0) is 73.5 Å². The molecule has 0 fully saturated rings. The first-order chi connectivity index (χ1) is 15.7. The number of nitrogens with one attached hydrogen (secondary N) is 1. The third kappa shape index (κ3) is 3.99. The number of carbonyl (C=O) groups is 1. The molecule has 0 aliphatic rings. The Labute approximate surface area is 187 Å². The van der Waals surface area contributed by atoms with E-state index in [1.165, 1.54) is 29.0 Å². The van der Waals surface area contributed by atoms with Crippen LogP contribution in [0.4, 0.5) is 5.69 Å². The van der Waals surface area contributed by atoms with Crippen LogP contribution in [-0.2, 0) is 0 Å². The number of aromatic nitrogens is 2. The molecule has 2 aromatic carbocycles. The van der Waals surface area contributed by atoms with Crippen molar-refractivity contribution in [2.24, 2.45) is 5.73 Å². The third-order valence-electron chi connectivity index (χ3n) is 5.40. The van der Waals surface area contributed by atoms with Crippen molar-refractivity contribution in [2.45, 2.75) is 13.8 Å². The Hall–Kier alpha value is -4.66. The SMILES string of the molecule is C=c1[nH]n(-c2ccc(C(N)=O)cc2)c(=O)/c1=C\c1ccc(-c2cc(C)c(C)cc2[N+](=O)[O-])o1. The van der Waals surface area contributed by atoms with E-state index in [1.807, 2.05) is 13.8 Å². The van der Waals surface area contributed by atoms with Crippen molar-refractivity contribution in [3.8, 4) is 17.0 Å². The number of furan rings is 1. The highest BCUT2D eigenvalue weighted by molar-refractivity contribution is 5.92. The molecule has 0 spiro atoms. The molecule has 4 aromatic rings. The lowest BCUT2D eigenvalue weighted by Gasteiger charge is -2.04. The summed E-state index contributed by atoms with van der Waals surface area (Å²) in [7, 11) is 0. The molecule has 33 heavy (non-hydrogen) atoms. The number of H-pyrrole nitrogens is 1. The van der Waals surface area contributed by atoms with Crippen LogP contribution < -0.4 is 21.9 Å². The number of amides is 1. The summed E-state index contributed by atoms with van der Waals surface area (Å²) in [5.74, 6) is 0.0965. The first kappa shape index (κ1) is 21.6. The minimum Gasteiger partial charge on any atom is -0.456 e. The smallest absolute Gasteiger partial charge is 0.280 e. The Morgan fingerprint density at radius 1 is 1.15 bits per heavy atom. The maximum Gasteiger partial charge on any atom is 0.280 e. The van der Waals surface area contributed by atoms with E-state index in [9.17, 15) is 19.7 Å². The molecule has 9 nitrogen and oxygen atoms in total. The molecule has 0 saturated carbocycles. The Morgan fingerprint density at radius 2 is 1.82 bits per heavy atom. The molecule has 0 aliphatic carbocycles. The Balaban J connectivity index is 1.77. The highest BCUT2D eigenvalue weighted by Crippen LogP contribution is 2.33. The number of hydrogen-bond acceptors (Lipinski definition) is 5. The Morgan fingerprint density at radius 3 is 2.45 bits per heavy atom. The van der Waals surface area contributed by atoms with Crippen LogP contribution in [0.2, 0.25) is 0 Å². The average molecular weight is 444 g/mol. The van der Waals surface area contributed by atoms with Crippen molar-refractivity contribution in [2.75, 3.05) is 0 Å². The van der Waals surface area contributed by atoms with E-state index in [0.717, 1.165) is 11.1 Å². The number of carbonyl (C=O) groups excluding carboxylic acids is 1. The number of nitro benzene ring substituents is 1. The van der Waals surface area contributed by atoms with Gasteiger partial charge in [-0.25, -0.2) is 4.68 Å². The maximum atomic E-state index is 13.0. The van der Waals surface area contributed by atoms with Gasteiger partial charge in [0.15, 0.2) is 0 Å².